The van der Waals surface area contributed by atoms with Crippen LogP contribution in [0.25, 0.3) is 11.1 Å². The first-order valence-corrected chi connectivity index (χ1v) is 8.38. The van der Waals surface area contributed by atoms with E-state index in [1.165, 1.54) is 24.3 Å². The van der Waals surface area contributed by atoms with E-state index in [0.29, 0.717) is 17.9 Å². The molecule has 1 amide bonds. The number of rotatable bonds is 6. The number of aromatic nitrogens is 2. The van der Waals surface area contributed by atoms with Crippen molar-refractivity contribution >= 4 is 17.5 Å². The van der Waals surface area contributed by atoms with E-state index in [9.17, 15) is 9.18 Å². The maximum Gasteiger partial charge on any atom is 0.256 e. The highest BCUT2D eigenvalue weighted by Crippen LogP contribution is 2.24. The minimum absolute atomic E-state index is 0.0389. The summed E-state index contributed by atoms with van der Waals surface area (Å²) in [5.74, 6) is 0.364. The molecule has 0 fully saturated rings. The van der Waals surface area contributed by atoms with Gasteiger partial charge in [0.15, 0.2) is 0 Å². The zero-order valence-corrected chi connectivity index (χ0v) is 14.8. The lowest BCUT2D eigenvalue weighted by atomic mass is 10.1. The predicted molar refractivity (Wildman–Crippen MR) is 102 cm³/mol. The third-order valence-corrected chi connectivity index (χ3v) is 4.01. The fourth-order valence-corrected chi connectivity index (χ4v) is 2.54. The fraction of sp³-hybridized carbons (Fsp3) is 0.150. The summed E-state index contributed by atoms with van der Waals surface area (Å²) in [6, 6.07) is 12.7. The van der Waals surface area contributed by atoms with Gasteiger partial charge in [0.25, 0.3) is 5.91 Å². The van der Waals surface area contributed by atoms with Gasteiger partial charge in [0.2, 0.25) is 0 Å². The largest absolute Gasteiger partial charge is 0.395 e. The maximum atomic E-state index is 13.0. The van der Waals surface area contributed by atoms with Gasteiger partial charge in [-0.15, -0.1) is 0 Å². The fourth-order valence-electron chi connectivity index (χ4n) is 2.54. The molecule has 2 aromatic heterocycles. The van der Waals surface area contributed by atoms with Crippen molar-refractivity contribution in [1.82, 2.24) is 9.97 Å². The highest BCUT2D eigenvalue weighted by molar-refractivity contribution is 6.03. The molecule has 0 saturated heterocycles. The summed E-state index contributed by atoms with van der Waals surface area (Å²) < 4.78 is 13.0. The number of halogens is 1. The summed E-state index contributed by atoms with van der Waals surface area (Å²) in [6.45, 7) is 0.517. The van der Waals surface area contributed by atoms with Crippen LogP contribution in [0, 0.1) is 5.82 Å². The molecule has 1 aromatic carbocycles. The van der Waals surface area contributed by atoms with E-state index >= 15 is 0 Å². The van der Waals surface area contributed by atoms with Gasteiger partial charge in [-0.3, -0.25) is 4.79 Å². The zero-order chi connectivity index (χ0) is 19.2. The number of aliphatic hydroxyl groups excluding tert-OH is 1. The first-order chi connectivity index (χ1) is 13.1. The monoisotopic (exact) mass is 366 g/mol. The van der Waals surface area contributed by atoms with Crippen LogP contribution in [0.3, 0.4) is 0 Å². The molecule has 0 aliphatic rings. The standard InChI is InChI=1S/C20H19FN4O2/c1-25(10-11-26)19-13-16(7-9-23-19)15-6-8-22-18(12-15)24-20(27)14-2-4-17(21)5-3-14/h2-9,12-13,26H,10-11H2,1H3,(H,22,24,27). The second-order valence-corrected chi connectivity index (χ2v) is 5.94. The number of nitrogens with zero attached hydrogens (tertiary/aromatic N) is 3. The van der Waals surface area contributed by atoms with Crippen molar-refractivity contribution in [3.8, 4) is 11.1 Å². The van der Waals surface area contributed by atoms with Crippen LogP contribution in [0.2, 0.25) is 0 Å². The number of aliphatic hydroxyl groups is 1. The lowest BCUT2D eigenvalue weighted by Crippen LogP contribution is -2.22. The molecule has 27 heavy (non-hydrogen) atoms. The molecule has 0 spiro atoms. The summed E-state index contributed by atoms with van der Waals surface area (Å²) in [5, 5.41) is 11.8. The average molecular weight is 366 g/mol. The normalized spacial score (nSPS) is 10.5. The Bertz CT molecular complexity index is 931. The molecular formula is C20H19FN4O2. The second-order valence-electron chi connectivity index (χ2n) is 5.94. The molecule has 0 unspecified atom stereocenters. The molecule has 6 nitrogen and oxygen atoms in total. The number of pyridine rings is 2. The van der Waals surface area contributed by atoms with E-state index in [4.69, 9.17) is 5.11 Å². The molecular weight excluding hydrogens is 347 g/mol. The Balaban J connectivity index is 1.80. The van der Waals surface area contributed by atoms with E-state index in [0.717, 1.165) is 16.9 Å². The van der Waals surface area contributed by atoms with E-state index in [1.54, 1.807) is 18.5 Å². The molecule has 0 bridgehead atoms. The Morgan fingerprint density at radius 1 is 1.07 bits per heavy atom. The van der Waals surface area contributed by atoms with Crippen molar-refractivity contribution in [1.29, 1.82) is 0 Å². The lowest BCUT2D eigenvalue weighted by molar-refractivity contribution is 0.102. The number of anilines is 2. The summed E-state index contributed by atoms with van der Waals surface area (Å²) in [5.41, 5.74) is 2.12. The molecule has 138 valence electrons. The smallest absolute Gasteiger partial charge is 0.256 e. The van der Waals surface area contributed by atoms with E-state index in [-0.39, 0.29) is 12.5 Å². The van der Waals surface area contributed by atoms with E-state index < -0.39 is 5.82 Å². The van der Waals surface area contributed by atoms with Crippen molar-refractivity contribution in [3.05, 3.63) is 72.3 Å². The highest BCUT2D eigenvalue weighted by Gasteiger charge is 2.09. The van der Waals surface area contributed by atoms with Gasteiger partial charge < -0.3 is 15.3 Å². The third-order valence-electron chi connectivity index (χ3n) is 4.01. The SMILES string of the molecule is CN(CCO)c1cc(-c2ccnc(NC(=O)c3ccc(F)cc3)c2)ccn1. The molecule has 3 rings (SSSR count). The number of carbonyl (C=O) groups excluding carboxylic acids is 1. The Labute approximate surface area is 156 Å². The average Bonchev–Trinajstić information content (AvgIpc) is 2.69. The number of amides is 1. The van der Waals surface area contributed by atoms with Crippen LogP contribution in [0.1, 0.15) is 10.4 Å². The van der Waals surface area contributed by atoms with Crippen LogP contribution in [0.4, 0.5) is 16.0 Å². The molecule has 0 aliphatic heterocycles. The maximum absolute atomic E-state index is 13.0. The van der Waals surface area contributed by atoms with Crippen LogP contribution >= 0.6 is 0 Å². The zero-order valence-electron chi connectivity index (χ0n) is 14.8. The summed E-state index contributed by atoms with van der Waals surface area (Å²) in [6.07, 6.45) is 3.29. The molecule has 0 radical (unpaired) electrons. The van der Waals surface area contributed by atoms with E-state index in [1.807, 2.05) is 30.1 Å². The van der Waals surface area contributed by atoms with E-state index in [2.05, 4.69) is 15.3 Å². The predicted octanol–water partition coefficient (Wildman–Crippen LogP) is 2.96. The van der Waals surface area contributed by atoms with Crippen molar-refractivity contribution in [3.63, 3.8) is 0 Å². The second kappa shape index (κ2) is 8.37. The van der Waals surface area contributed by atoms with Gasteiger partial charge in [0.1, 0.15) is 17.5 Å². The van der Waals surface area contributed by atoms with Crippen molar-refractivity contribution in [2.24, 2.45) is 0 Å². The molecule has 7 heteroatoms. The summed E-state index contributed by atoms with van der Waals surface area (Å²) >= 11 is 0. The van der Waals surface area contributed by atoms with Crippen LogP contribution in [-0.4, -0.2) is 41.2 Å². The number of benzene rings is 1. The van der Waals surface area contributed by atoms with Crippen LogP contribution in [0.15, 0.2) is 60.9 Å². The van der Waals surface area contributed by atoms with Gasteiger partial charge in [-0.2, -0.15) is 0 Å². The molecule has 0 aliphatic carbocycles. The van der Waals surface area contributed by atoms with Gasteiger partial charge in [-0.1, -0.05) is 0 Å². The van der Waals surface area contributed by atoms with Gasteiger partial charge >= 0.3 is 0 Å². The van der Waals surface area contributed by atoms with Crippen molar-refractivity contribution < 1.29 is 14.3 Å². The molecule has 2 heterocycles. The molecule has 0 atom stereocenters. The highest BCUT2D eigenvalue weighted by atomic mass is 19.1. The first kappa shape index (κ1) is 18.5. The minimum Gasteiger partial charge on any atom is -0.395 e. The minimum atomic E-state index is -0.397. The number of nitrogens with one attached hydrogen (secondary N) is 1. The third kappa shape index (κ3) is 4.65. The number of carbonyl (C=O) groups is 1. The van der Waals surface area contributed by atoms with Crippen LogP contribution in [-0.2, 0) is 0 Å². The number of hydrogen-bond acceptors (Lipinski definition) is 5. The number of likely N-dealkylation sites (N-methyl/N-ethyl adjacent to an activating group) is 1. The topological polar surface area (TPSA) is 78.4 Å². The van der Waals surface area contributed by atoms with Crippen LogP contribution < -0.4 is 10.2 Å². The molecule has 0 saturated carbocycles. The van der Waals surface area contributed by atoms with Crippen molar-refractivity contribution in [2.45, 2.75) is 0 Å². The summed E-state index contributed by atoms with van der Waals surface area (Å²) in [4.78, 5) is 22.6. The summed E-state index contributed by atoms with van der Waals surface area (Å²) in [7, 11) is 1.85. The molecule has 3 aromatic rings. The quantitative estimate of drug-likeness (QED) is 0.701. The van der Waals surface area contributed by atoms with Crippen molar-refractivity contribution in [2.75, 3.05) is 30.4 Å². The van der Waals surface area contributed by atoms with Gasteiger partial charge in [0, 0.05) is 31.5 Å². The Morgan fingerprint density at radius 3 is 2.44 bits per heavy atom. The molecule has 2 N–H and O–H groups in total. The van der Waals surface area contributed by atoms with Gasteiger partial charge in [-0.05, 0) is 59.7 Å². The first-order valence-electron chi connectivity index (χ1n) is 8.38. The number of hydrogen-bond donors (Lipinski definition) is 2. The van der Waals surface area contributed by atoms with Gasteiger partial charge in [0.05, 0.1) is 6.61 Å². The Kier molecular flexibility index (Phi) is 5.73. The van der Waals surface area contributed by atoms with Gasteiger partial charge in [-0.25, -0.2) is 14.4 Å². The Hall–Kier alpha value is -3.32. The lowest BCUT2D eigenvalue weighted by Gasteiger charge is -2.17. The Morgan fingerprint density at radius 2 is 1.74 bits per heavy atom. The van der Waals surface area contributed by atoms with Crippen LogP contribution in [0.5, 0.6) is 0 Å².